The first-order chi connectivity index (χ1) is 15.0. The van der Waals surface area contributed by atoms with Crippen molar-refractivity contribution in [3.63, 3.8) is 0 Å². The summed E-state index contributed by atoms with van der Waals surface area (Å²) in [5, 5.41) is 17.1. The summed E-state index contributed by atoms with van der Waals surface area (Å²) in [4.78, 5) is 22.9. The number of amides is 1. The quantitative estimate of drug-likeness (QED) is 0.397. The first-order valence-electron chi connectivity index (χ1n) is 9.46. The minimum atomic E-state index is -3.58. The minimum Gasteiger partial charge on any atom is -0.373 e. The zero-order valence-corrected chi connectivity index (χ0v) is 18.0. The number of nitro groups is 1. The van der Waals surface area contributed by atoms with Crippen molar-refractivity contribution in [2.75, 3.05) is 16.9 Å². The number of hydrogen-bond donors (Lipinski definition) is 2. The first-order valence-corrected chi connectivity index (χ1v) is 11.4. The van der Waals surface area contributed by atoms with Gasteiger partial charge in [0.1, 0.15) is 11.5 Å². The molecule has 32 heavy (non-hydrogen) atoms. The molecule has 8 nitrogen and oxygen atoms in total. The van der Waals surface area contributed by atoms with Crippen molar-refractivity contribution in [2.24, 2.45) is 0 Å². The summed E-state index contributed by atoms with van der Waals surface area (Å²) in [6.45, 7) is 1.79. The van der Waals surface area contributed by atoms with E-state index in [1.54, 1.807) is 31.2 Å². The molecule has 0 aliphatic rings. The Bertz CT molecular complexity index is 1260. The Morgan fingerprint density at radius 2 is 1.66 bits per heavy atom. The van der Waals surface area contributed by atoms with Gasteiger partial charge in [0.25, 0.3) is 11.6 Å². The van der Waals surface area contributed by atoms with Gasteiger partial charge in [-0.2, -0.15) is 0 Å². The lowest BCUT2D eigenvalue weighted by molar-refractivity contribution is -0.384. The highest BCUT2D eigenvalue weighted by Crippen LogP contribution is 2.31. The van der Waals surface area contributed by atoms with E-state index in [4.69, 9.17) is 0 Å². The van der Waals surface area contributed by atoms with E-state index in [0.717, 1.165) is 17.9 Å². The van der Waals surface area contributed by atoms with Gasteiger partial charge >= 0.3 is 0 Å². The molecule has 3 rings (SSSR count). The Morgan fingerprint density at radius 3 is 2.22 bits per heavy atom. The van der Waals surface area contributed by atoms with Gasteiger partial charge in [-0.3, -0.25) is 14.9 Å². The number of nitro benzene ring substituents is 1. The molecular weight excluding hydrogens is 437 g/mol. The molecule has 1 unspecified atom stereocenters. The minimum absolute atomic E-state index is 0.136. The molecule has 0 bridgehead atoms. The van der Waals surface area contributed by atoms with Gasteiger partial charge < -0.3 is 10.6 Å². The average Bonchev–Trinajstić information content (AvgIpc) is 2.74. The molecule has 2 N–H and O–H groups in total. The molecule has 10 heteroatoms. The lowest BCUT2D eigenvalue weighted by Gasteiger charge is -2.17. The van der Waals surface area contributed by atoms with Crippen molar-refractivity contribution >= 4 is 32.8 Å². The molecule has 1 amide bonds. The van der Waals surface area contributed by atoms with Crippen LogP contribution in [0.1, 0.15) is 28.9 Å². The summed E-state index contributed by atoms with van der Waals surface area (Å²) >= 11 is 0. The summed E-state index contributed by atoms with van der Waals surface area (Å²) < 4.78 is 36.4. The summed E-state index contributed by atoms with van der Waals surface area (Å²) in [6, 6.07) is 15.4. The number of benzene rings is 3. The number of anilines is 2. The van der Waals surface area contributed by atoms with E-state index in [1.165, 1.54) is 36.4 Å². The van der Waals surface area contributed by atoms with Crippen LogP contribution in [-0.4, -0.2) is 25.5 Å². The maximum atomic E-state index is 13.0. The normalized spacial score (nSPS) is 12.1. The van der Waals surface area contributed by atoms with Crippen LogP contribution in [0.25, 0.3) is 0 Å². The molecule has 0 aliphatic heterocycles. The molecule has 0 spiro atoms. The Kier molecular flexibility index (Phi) is 6.54. The van der Waals surface area contributed by atoms with Crippen LogP contribution in [0.15, 0.2) is 71.6 Å². The van der Waals surface area contributed by atoms with Gasteiger partial charge in [-0.25, -0.2) is 12.8 Å². The molecule has 3 aromatic carbocycles. The number of nitrogens with one attached hydrogen (secondary N) is 2. The second kappa shape index (κ2) is 9.15. The van der Waals surface area contributed by atoms with Gasteiger partial charge in [0.05, 0.1) is 9.82 Å². The number of nitrogens with zero attached hydrogens (tertiary/aromatic N) is 1. The topological polar surface area (TPSA) is 118 Å². The third kappa shape index (κ3) is 5.46. The molecule has 1 atom stereocenters. The highest BCUT2D eigenvalue weighted by atomic mass is 32.2. The van der Waals surface area contributed by atoms with Crippen LogP contribution in [0.3, 0.4) is 0 Å². The van der Waals surface area contributed by atoms with Gasteiger partial charge in [0.15, 0.2) is 9.84 Å². The monoisotopic (exact) mass is 457 g/mol. The van der Waals surface area contributed by atoms with Crippen LogP contribution in [0.4, 0.5) is 21.5 Å². The van der Waals surface area contributed by atoms with E-state index in [2.05, 4.69) is 10.6 Å². The largest absolute Gasteiger partial charge is 0.373 e. The van der Waals surface area contributed by atoms with Crippen molar-refractivity contribution in [3.8, 4) is 0 Å². The van der Waals surface area contributed by atoms with E-state index in [9.17, 15) is 27.7 Å². The Morgan fingerprint density at radius 1 is 1.03 bits per heavy atom. The summed E-state index contributed by atoms with van der Waals surface area (Å²) in [6.07, 6.45) is 0.984. The fourth-order valence-electron chi connectivity index (χ4n) is 2.99. The maximum Gasteiger partial charge on any atom is 0.293 e. The zero-order valence-electron chi connectivity index (χ0n) is 17.2. The van der Waals surface area contributed by atoms with Crippen molar-refractivity contribution in [3.05, 3.63) is 93.8 Å². The van der Waals surface area contributed by atoms with E-state index in [1.807, 2.05) is 0 Å². The SMILES string of the molecule is CC(Nc1ccc(S(C)(=O)=O)cc1[N+](=O)[O-])c1ccc(NC(=O)c2ccc(F)cc2)cc1. The highest BCUT2D eigenvalue weighted by Gasteiger charge is 2.20. The second-order valence-electron chi connectivity index (χ2n) is 7.16. The fraction of sp³-hybridized carbons (Fsp3) is 0.136. The number of hydrogen-bond acceptors (Lipinski definition) is 6. The van der Waals surface area contributed by atoms with Crippen molar-refractivity contribution in [1.82, 2.24) is 0 Å². The van der Waals surface area contributed by atoms with Crippen LogP contribution in [0.5, 0.6) is 0 Å². The lowest BCUT2D eigenvalue weighted by Crippen LogP contribution is -2.12. The van der Waals surface area contributed by atoms with Crippen LogP contribution in [0, 0.1) is 15.9 Å². The van der Waals surface area contributed by atoms with Crippen LogP contribution < -0.4 is 10.6 Å². The lowest BCUT2D eigenvalue weighted by atomic mass is 10.1. The molecule has 0 saturated heterocycles. The maximum absolute atomic E-state index is 13.0. The molecule has 0 fully saturated rings. The van der Waals surface area contributed by atoms with Crippen molar-refractivity contribution in [2.45, 2.75) is 17.9 Å². The average molecular weight is 457 g/mol. The van der Waals surface area contributed by atoms with Crippen LogP contribution >= 0.6 is 0 Å². The second-order valence-corrected chi connectivity index (χ2v) is 9.17. The smallest absolute Gasteiger partial charge is 0.293 e. The van der Waals surface area contributed by atoms with E-state index in [-0.39, 0.29) is 28.2 Å². The van der Waals surface area contributed by atoms with E-state index < -0.39 is 20.6 Å². The molecule has 3 aromatic rings. The Hall–Kier alpha value is -3.79. The van der Waals surface area contributed by atoms with Gasteiger partial charge in [-0.15, -0.1) is 0 Å². The molecule has 0 aliphatic carbocycles. The molecule has 0 aromatic heterocycles. The van der Waals surface area contributed by atoms with Crippen molar-refractivity contribution < 1.29 is 22.5 Å². The number of rotatable bonds is 7. The third-order valence-corrected chi connectivity index (χ3v) is 5.85. The molecule has 166 valence electrons. The molecular formula is C22H20FN3O5S. The number of carbonyl (C=O) groups is 1. The Labute approximate surface area is 184 Å². The van der Waals surface area contributed by atoms with Crippen LogP contribution in [-0.2, 0) is 9.84 Å². The third-order valence-electron chi connectivity index (χ3n) is 4.74. The van der Waals surface area contributed by atoms with Gasteiger partial charge in [0, 0.05) is 29.6 Å². The molecule has 0 saturated carbocycles. The Balaban J connectivity index is 1.73. The standard InChI is InChI=1S/C22H20FN3O5S/c1-14(24-20-12-11-19(32(2,30)31)13-21(20)26(28)29)15-5-9-18(10-6-15)25-22(27)16-3-7-17(23)8-4-16/h3-14,24H,1-2H3,(H,25,27). The highest BCUT2D eigenvalue weighted by molar-refractivity contribution is 7.90. The summed E-state index contributed by atoms with van der Waals surface area (Å²) in [5.74, 6) is -0.816. The fourth-order valence-corrected chi connectivity index (χ4v) is 3.63. The summed E-state index contributed by atoms with van der Waals surface area (Å²) in [7, 11) is -3.58. The number of sulfone groups is 1. The molecule has 0 radical (unpaired) electrons. The predicted molar refractivity (Wildman–Crippen MR) is 119 cm³/mol. The van der Waals surface area contributed by atoms with Gasteiger partial charge in [0.2, 0.25) is 0 Å². The van der Waals surface area contributed by atoms with Gasteiger partial charge in [-0.05, 0) is 61.0 Å². The van der Waals surface area contributed by atoms with Gasteiger partial charge in [-0.1, -0.05) is 12.1 Å². The van der Waals surface area contributed by atoms with Crippen LogP contribution in [0.2, 0.25) is 0 Å². The summed E-state index contributed by atoms with van der Waals surface area (Å²) in [5.41, 5.74) is 1.46. The van der Waals surface area contributed by atoms with E-state index in [0.29, 0.717) is 11.3 Å². The first kappa shape index (κ1) is 22.9. The zero-order chi connectivity index (χ0) is 23.5. The predicted octanol–water partition coefficient (Wildman–Crippen LogP) is 4.56. The van der Waals surface area contributed by atoms with Crippen molar-refractivity contribution in [1.29, 1.82) is 0 Å². The number of halogens is 1. The number of carbonyl (C=O) groups excluding carboxylic acids is 1. The molecule has 0 heterocycles. The van der Waals surface area contributed by atoms with E-state index >= 15 is 0 Å².